The maximum atomic E-state index is 12.0. The summed E-state index contributed by atoms with van der Waals surface area (Å²) >= 11 is 1.51. The van der Waals surface area contributed by atoms with E-state index >= 15 is 0 Å². The number of benzene rings is 1. The van der Waals surface area contributed by atoms with E-state index in [1.54, 1.807) is 0 Å². The fourth-order valence-electron chi connectivity index (χ4n) is 2.44. The molecule has 3 nitrogen and oxygen atoms in total. The zero-order valence-electron chi connectivity index (χ0n) is 11.6. The summed E-state index contributed by atoms with van der Waals surface area (Å²) in [7, 11) is 0. The molecule has 20 heavy (non-hydrogen) atoms. The van der Waals surface area contributed by atoms with E-state index in [0.717, 1.165) is 35.1 Å². The molecule has 0 unspecified atom stereocenters. The molecule has 1 aromatic rings. The molecule has 4 heteroatoms. The number of hydrogen-bond acceptors (Lipinski definition) is 3. The van der Waals surface area contributed by atoms with Crippen LogP contribution in [-0.4, -0.2) is 29.1 Å². The SMILES string of the molecule is CCc1ccc(/C=C2/SC(N3CCCC3)=NC2=O)cc1. The Bertz CT molecular complexity index is 569. The Morgan fingerprint density at radius 3 is 2.60 bits per heavy atom. The molecule has 0 spiro atoms. The van der Waals surface area contributed by atoms with E-state index in [-0.39, 0.29) is 5.91 Å². The van der Waals surface area contributed by atoms with E-state index in [4.69, 9.17) is 0 Å². The highest BCUT2D eigenvalue weighted by molar-refractivity contribution is 8.18. The number of carbonyl (C=O) groups is 1. The van der Waals surface area contributed by atoms with Gasteiger partial charge in [0.05, 0.1) is 4.91 Å². The Morgan fingerprint density at radius 2 is 1.95 bits per heavy atom. The average molecular weight is 286 g/mol. The highest BCUT2D eigenvalue weighted by Gasteiger charge is 2.27. The van der Waals surface area contributed by atoms with E-state index in [0.29, 0.717) is 0 Å². The van der Waals surface area contributed by atoms with Crippen molar-refractivity contribution in [3.8, 4) is 0 Å². The molecule has 1 amide bonds. The maximum absolute atomic E-state index is 12.0. The molecule has 1 saturated heterocycles. The van der Waals surface area contributed by atoms with Crippen molar-refractivity contribution in [2.45, 2.75) is 26.2 Å². The van der Waals surface area contributed by atoms with Crippen LogP contribution in [0.5, 0.6) is 0 Å². The number of rotatable bonds is 2. The van der Waals surface area contributed by atoms with E-state index in [2.05, 4.69) is 41.1 Å². The summed E-state index contributed by atoms with van der Waals surface area (Å²) in [6.07, 6.45) is 5.38. The summed E-state index contributed by atoms with van der Waals surface area (Å²) in [5.74, 6) is -0.100. The first-order chi connectivity index (χ1) is 9.76. The predicted octanol–water partition coefficient (Wildman–Crippen LogP) is 3.32. The molecular weight excluding hydrogens is 268 g/mol. The number of aliphatic imine (C=N–C) groups is 1. The van der Waals surface area contributed by atoms with Gasteiger partial charge in [-0.25, -0.2) is 0 Å². The number of aryl methyl sites for hydroxylation is 1. The van der Waals surface area contributed by atoms with Crippen molar-refractivity contribution in [1.82, 2.24) is 4.90 Å². The summed E-state index contributed by atoms with van der Waals surface area (Å²) < 4.78 is 0. The number of thioether (sulfide) groups is 1. The fraction of sp³-hybridized carbons (Fsp3) is 0.375. The zero-order valence-corrected chi connectivity index (χ0v) is 12.4. The third-order valence-corrected chi connectivity index (χ3v) is 4.72. The van der Waals surface area contributed by atoms with Gasteiger partial charge in [0.1, 0.15) is 0 Å². The van der Waals surface area contributed by atoms with Crippen LogP contribution in [-0.2, 0) is 11.2 Å². The number of amidine groups is 1. The monoisotopic (exact) mass is 286 g/mol. The van der Waals surface area contributed by atoms with Gasteiger partial charge >= 0.3 is 0 Å². The Kier molecular flexibility index (Phi) is 3.92. The van der Waals surface area contributed by atoms with Gasteiger partial charge in [-0.15, -0.1) is 0 Å². The maximum Gasteiger partial charge on any atom is 0.286 e. The molecule has 2 heterocycles. The Labute approximate surface area is 123 Å². The molecule has 104 valence electrons. The molecule has 0 saturated carbocycles. The van der Waals surface area contributed by atoms with Crippen LogP contribution in [0.25, 0.3) is 6.08 Å². The van der Waals surface area contributed by atoms with Gasteiger partial charge < -0.3 is 4.90 Å². The molecule has 1 aromatic carbocycles. The molecule has 0 radical (unpaired) electrons. The molecule has 0 atom stereocenters. The molecule has 0 bridgehead atoms. The summed E-state index contributed by atoms with van der Waals surface area (Å²) in [6.45, 7) is 4.19. The first-order valence-electron chi connectivity index (χ1n) is 7.13. The molecule has 1 fully saturated rings. The minimum absolute atomic E-state index is 0.100. The van der Waals surface area contributed by atoms with Crippen molar-refractivity contribution in [1.29, 1.82) is 0 Å². The first kappa shape index (κ1) is 13.4. The van der Waals surface area contributed by atoms with Crippen LogP contribution >= 0.6 is 11.8 Å². The molecule has 2 aliphatic rings. The molecule has 0 aromatic heterocycles. The highest BCUT2D eigenvalue weighted by Crippen LogP contribution is 2.31. The van der Waals surface area contributed by atoms with Crippen LogP contribution in [0.1, 0.15) is 30.9 Å². The molecule has 2 aliphatic heterocycles. The second kappa shape index (κ2) is 5.83. The number of hydrogen-bond donors (Lipinski definition) is 0. The Hall–Kier alpha value is -1.55. The number of carbonyl (C=O) groups excluding carboxylic acids is 1. The quantitative estimate of drug-likeness (QED) is 0.782. The second-order valence-corrected chi connectivity index (χ2v) is 6.11. The van der Waals surface area contributed by atoms with Gasteiger partial charge in [0.25, 0.3) is 5.91 Å². The largest absolute Gasteiger partial charge is 0.351 e. The smallest absolute Gasteiger partial charge is 0.286 e. The standard InChI is InChI=1S/C16H18N2OS/c1-2-12-5-7-13(8-6-12)11-14-15(19)17-16(20-14)18-9-3-4-10-18/h5-8,11H,2-4,9-10H2,1H3/b14-11+. The lowest BCUT2D eigenvalue weighted by Gasteiger charge is -2.14. The van der Waals surface area contributed by atoms with Crippen molar-refractivity contribution in [3.05, 3.63) is 40.3 Å². The average Bonchev–Trinajstić information content (AvgIpc) is 3.10. The van der Waals surface area contributed by atoms with Crippen LogP contribution < -0.4 is 0 Å². The third-order valence-electron chi connectivity index (χ3n) is 3.67. The summed E-state index contributed by atoms with van der Waals surface area (Å²) in [5.41, 5.74) is 2.38. The lowest BCUT2D eigenvalue weighted by Crippen LogP contribution is -2.23. The number of amides is 1. The third kappa shape index (κ3) is 2.80. The lowest BCUT2D eigenvalue weighted by atomic mass is 10.1. The number of nitrogens with zero attached hydrogens (tertiary/aromatic N) is 2. The van der Waals surface area contributed by atoms with Crippen LogP contribution in [0.3, 0.4) is 0 Å². The van der Waals surface area contributed by atoms with E-state index in [1.165, 1.54) is 30.2 Å². The normalized spacial score (nSPS) is 20.9. The topological polar surface area (TPSA) is 32.7 Å². The summed E-state index contributed by atoms with van der Waals surface area (Å²) in [5, 5.41) is 0.879. The van der Waals surface area contributed by atoms with Crippen molar-refractivity contribution in [2.75, 3.05) is 13.1 Å². The van der Waals surface area contributed by atoms with Gasteiger partial charge in [0.15, 0.2) is 5.17 Å². The molecular formula is C16H18N2OS. The zero-order chi connectivity index (χ0) is 13.9. The Morgan fingerprint density at radius 1 is 1.25 bits per heavy atom. The van der Waals surface area contributed by atoms with Crippen LogP contribution in [0.2, 0.25) is 0 Å². The van der Waals surface area contributed by atoms with Crippen LogP contribution in [0.4, 0.5) is 0 Å². The van der Waals surface area contributed by atoms with E-state index in [1.807, 2.05) is 6.08 Å². The summed E-state index contributed by atoms with van der Waals surface area (Å²) in [4.78, 5) is 19.1. The minimum atomic E-state index is -0.100. The van der Waals surface area contributed by atoms with Gasteiger partial charge in [-0.2, -0.15) is 4.99 Å². The first-order valence-corrected chi connectivity index (χ1v) is 7.94. The minimum Gasteiger partial charge on any atom is -0.351 e. The van der Waals surface area contributed by atoms with Gasteiger partial charge in [-0.05, 0) is 48.2 Å². The van der Waals surface area contributed by atoms with Gasteiger partial charge in [0, 0.05) is 13.1 Å². The molecule has 3 rings (SSSR count). The van der Waals surface area contributed by atoms with Crippen molar-refractivity contribution < 1.29 is 4.79 Å². The lowest BCUT2D eigenvalue weighted by molar-refractivity contribution is -0.113. The van der Waals surface area contributed by atoms with Crippen LogP contribution in [0, 0.1) is 0 Å². The van der Waals surface area contributed by atoms with Gasteiger partial charge in [0.2, 0.25) is 0 Å². The van der Waals surface area contributed by atoms with Gasteiger partial charge in [-0.3, -0.25) is 4.79 Å². The fourth-order valence-corrected chi connectivity index (χ4v) is 3.41. The summed E-state index contributed by atoms with van der Waals surface area (Å²) in [6, 6.07) is 8.35. The van der Waals surface area contributed by atoms with E-state index < -0.39 is 0 Å². The molecule has 0 N–H and O–H groups in total. The Balaban J connectivity index is 1.74. The molecule has 0 aliphatic carbocycles. The van der Waals surface area contributed by atoms with Crippen LogP contribution in [0.15, 0.2) is 34.2 Å². The van der Waals surface area contributed by atoms with Crippen molar-refractivity contribution in [2.24, 2.45) is 4.99 Å². The predicted molar refractivity (Wildman–Crippen MR) is 84.6 cm³/mol. The van der Waals surface area contributed by atoms with Gasteiger partial charge in [-0.1, -0.05) is 31.2 Å². The van der Waals surface area contributed by atoms with Crippen molar-refractivity contribution in [3.63, 3.8) is 0 Å². The van der Waals surface area contributed by atoms with E-state index in [9.17, 15) is 4.79 Å². The highest BCUT2D eigenvalue weighted by atomic mass is 32.2. The number of likely N-dealkylation sites (tertiary alicyclic amines) is 1. The second-order valence-electron chi connectivity index (χ2n) is 5.10. The van der Waals surface area contributed by atoms with Crippen molar-refractivity contribution >= 4 is 28.9 Å².